The summed E-state index contributed by atoms with van der Waals surface area (Å²) < 4.78 is 0. The third-order valence-corrected chi connectivity index (χ3v) is 5.09. The van der Waals surface area contributed by atoms with Gasteiger partial charge in [-0.2, -0.15) is 0 Å². The molecule has 2 unspecified atom stereocenters. The number of rotatable bonds is 4. The second-order valence-electron chi connectivity index (χ2n) is 6.90. The van der Waals surface area contributed by atoms with Gasteiger partial charge in [-0.1, -0.05) is 43.7 Å². The number of imidazole rings is 1. The van der Waals surface area contributed by atoms with E-state index in [9.17, 15) is 4.79 Å². The fourth-order valence-corrected chi connectivity index (χ4v) is 3.32. The quantitative estimate of drug-likeness (QED) is 0.900. The zero-order valence-corrected chi connectivity index (χ0v) is 14.9. The van der Waals surface area contributed by atoms with Crippen LogP contribution in [0.15, 0.2) is 30.5 Å². The van der Waals surface area contributed by atoms with Crippen LogP contribution in [0.4, 0.5) is 0 Å². The zero-order chi connectivity index (χ0) is 17.1. The molecular weight excluding hydrogens is 298 g/mol. The number of carbonyl (C=O) groups is 1. The molecular formula is C20H27N3O. The maximum absolute atomic E-state index is 12.7. The zero-order valence-electron chi connectivity index (χ0n) is 14.9. The summed E-state index contributed by atoms with van der Waals surface area (Å²) in [4.78, 5) is 22.8. The number of piperidine rings is 1. The van der Waals surface area contributed by atoms with E-state index in [0.29, 0.717) is 0 Å². The van der Waals surface area contributed by atoms with E-state index in [4.69, 9.17) is 0 Å². The first-order valence-electron chi connectivity index (χ1n) is 9.02. The Balaban J connectivity index is 1.84. The minimum atomic E-state index is 0.0807. The summed E-state index contributed by atoms with van der Waals surface area (Å²) >= 11 is 0. The van der Waals surface area contributed by atoms with E-state index in [1.54, 1.807) is 0 Å². The highest BCUT2D eigenvalue weighted by molar-refractivity contribution is 5.79. The number of aromatic nitrogens is 2. The van der Waals surface area contributed by atoms with Gasteiger partial charge < -0.3 is 9.88 Å². The van der Waals surface area contributed by atoms with Crippen LogP contribution in [0.2, 0.25) is 0 Å². The van der Waals surface area contributed by atoms with Crippen molar-refractivity contribution in [3.05, 3.63) is 41.9 Å². The average Bonchev–Trinajstić information content (AvgIpc) is 3.11. The van der Waals surface area contributed by atoms with Crippen LogP contribution in [0.1, 0.15) is 57.0 Å². The standard InChI is InChI=1S/C20H27N3O/c1-4-15(3)20(24)23-12-6-5-7-18(23)19-21-13-17(22-19)16-10-8-14(2)9-11-16/h8-11,13,15,18H,4-7,12H2,1-3H3,(H,21,22). The second-order valence-corrected chi connectivity index (χ2v) is 6.90. The number of aromatic amines is 1. The SMILES string of the molecule is CCC(C)C(=O)N1CCCCC1c1ncc(-c2ccc(C)cc2)[nH]1. The summed E-state index contributed by atoms with van der Waals surface area (Å²) in [5.74, 6) is 1.26. The highest BCUT2D eigenvalue weighted by atomic mass is 16.2. The van der Waals surface area contributed by atoms with Gasteiger partial charge in [0.05, 0.1) is 17.9 Å². The Bertz CT molecular complexity index is 689. The molecule has 0 radical (unpaired) electrons. The smallest absolute Gasteiger partial charge is 0.226 e. The molecule has 24 heavy (non-hydrogen) atoms. The van der Waals surface area contributed by atoms with Gasteiger partial charge in [0.1, 0.15) is 5.82 Å². The first kappa shape index (κ1) is 16.7. The second kappa shape index (κ2) is 7.20. The molecule has 1 fully saturated rings. The number of aryl methyl sites for hydroxylation is 1. The van der Waals surface area contributed by atoms with Crippen molar-refractivity contribution in [1.29, 1.82) is 0 Å². The highest BCUT2D eigenvalue weighted by Crippen LogP contribution is 2.32. The number of hydrogen-bond donors (Lipinski definition) is 1. The minimum Gasteiger partial charge on any atom is -0.340 e. The molecule has 1 saturated heterocycles. The Morgan fingerprint density at radius 2 is 2.08 bits per heavy atom. The molecule has 0 spiro atoms. The molecule has 1 aliphatic rings. The van der Waals surface area contributed by atoms with Gasteiger partial charge in [0.15, 0.2) is 0 Å². The van der Waals surface area contributed by atoms with E-state index in [1.165, 1.54) is 5.56 Å². The summed E-state index contributed by atoms with van der Waals surface area (Å²) in [5, 5.41) is 0. The number of amides is 1. The van der Waals surface area contributed by atoms with Gasteiger partial charge in [-0.05, 0) is 38.2 Å². The predicted molar refractivity (Wildman–Crippen MR) is 96.5 cm³/mol. The average molecular weight is 325 g/mol. The summed E-state index contributed by atoms with van der Waals surface area (Å²) in [6.07, 6.45) is 6.00. The molecule has 1 aromatic carbocycles. The molecule has 2 atom stereocenters. The lowest BCUT2D eigenvalue weighted by Crippen LogP contribution is -2.41. The molecule has 1 amide bonds. The Morgan fingerprint density at radius 3 is 2.79 bits per heavy atom. The molecule has 0 bridgehead atoms. The van der Waals surface area contributed by atoms with Crippen LogP contribution in [-0.4, -0.2) is 27.3 Å². The molecule has 0 saturated carbocycles. The normalized spacial score (nSPS) is 19.3. The van der Waals surface area contributed by atoms with Gasteiger partial charge in [-0.3, -0.25) is 4.79 Å². The van der Waals surface area contributed by atoms with Crippen molar-refractivity contribution in [3.8, 4) is 11.3 Å². The lowest BCUT2D eigenvalue weighted by Gasteiger charge is -2.36. The van der Waals surface area contributed by atoms with Gasteiger partial charge >= 0.3 is 0 Å². The number of nitrogens with one attached hydrogen (secondary N) is 1. The van der Waals surface area contributed by atoms with E-state index in [2.05, 4.69) is 48.1 Å². The van der Waals surface area contributed by atoms with Crippen molar-refractivity contribution in [1.82, 2.24) is 14.9 Å². The molecule has 2 aromatic rings. The monoisotopic (exact) mass is 325 g/mol. The number of carbonyl (C=O) groups excluding carboxylic acids is 1. The number of H-pyrrole nitrogens is 1. The van der Waals surface area contributed by atoms with E-state index in [0.717, 1.165) is 49.3 Å². The molecule has 128 valence electrons. The third-order valence-electron chi connectivity index (χ3n) is 5.09. The molecule has 1 aromatic heterocycles. The van der Waals surface area contributed by atoms with Gasteiger partial charge in [0.2, 0.25) is 5.91 Å². The van der Waals surface area contributed by atoms with Gasteiger partial charge in [0, 0.05) is 12.5 Å². The van der Waals surface area contributed by atoms with Crippen LogP contribution < -0.4 is 0 Å². The van der Waals surface area contributed by atoms with Crippen LogP contribution in [0.3, 0.4) is 0 Å². The largest absolute Gasteiger partial charge is 0.340 e. The van der Waals surface area contributed by atoms with E-state index in [-0.39, 0.29) is 17.9 Å². The molecule has 4 heteroatoms. The molecule has 0 aliphatic carbocycles. The number of hydrogen-bond acceptors (Lipinski definition) is 2. The van der Waals surface area contributed by atoms with Gasteiger partial charge in [-0.15, -0.1) is 0 Å². The summed E-state index contributed by atoms with van der Waals surface area (Å²) in [5.41, 5.74) is 3.40. The molecule has 1 N–H and O–H groups in total. The van der Waals surface area contributed by atoms with E-state index < -0.39 is 0 Å². The predicted octanol–water partition coefficient (Wildman–Crippen LogP) is 4.48. The minimum absolute atomic E-state index is 0.0807. The lowest BCUT2D eigenvalue weighted by molar-refractivity contribution is -0.139. The van der Waals surface area contributed by atoms with Crippen LogP contribution >= 0.6 is 0 Å². The number of likely N-dealkylation sites (tertiary alicyclic amines) is 1. The van der Waals surface area contributed by atoms with E-state index >= 15 is 0 Å². The maximum Gasteiger partial charge on any atom is 0.226 e. The summed E-state index contributed by atoms with van der Waals surface area (Å²) in [6, 6.07) is 8.51. The maximum atomic E-state index is 12.7. The Kier molecular flexibility index (Phi) is 5.03. The van der Waals surface area contributed by atoms with Gasteiger partial charge in [0.25, 0.3) is 0 Å². The Hall–Kier alpha value is -2.10. The van der Waals surface area contributed by atoms with Crippen molar-refractivity contribution in [2.45, 2.75) is 52.5 Å². The van der Waals surface area contributed by atoms with Crippen LogP contribution in [0.25, 0.3) is 11.3 Å². The molecule has 1 aliphatic heterocycles. The number of nitrogens with zero attached hydrogens (tertiary/aromatic N) is 2. The first-order chi connectivity index (χ1) is 11.6. The number of benzene rings is 1. The van der Waals surface area contributed by atoms with Crippen molar-refractivity contribution < 1.29 is 4.79 Å². The lowest BCUT2D eigenvalue weighted by atomic mass is 9.98. The summed E-state index contributed by atoms with van der Waals surface area (Å²) in [7, 11) is 0. The molecule has 4 nitrogen and oxygen atoms in total. The van der Waals surface area contributed by atoms with Crippen molar-refractivity contribution in [2.75, 3.05) is 6.54 Å². The first-order valence-corrected chi connectivity index (χ1v) is 9.02. The third kappa shape index (κ3) is 3.37. The van der Waals surface area contributed by atoms with Crippen LogP contribution in [0, 0.1) is 12.8 Å². The fraction of sp³-hybridized carbons (Fsp3) is 0.500. The highest BCUT2D eigenvalue weighted by Gasteiger charge is 2.31. The Labute approximate surface area is 144 Å². The molecule has 2 heterocycles. The Morgan fingerprint density at radius 1 is 1.33 bits per heavy atom. The van der Waals surface area contributed by atoms with Crippen LogP contribution in [0.5, 0.6) is 0 Å². The van der Waals surface area contributed by atoms with Crippen molar-refractivity contribution in [3.63, 3.8) is 0 Å². The molecule has 3 rings (SSSR count). The topological polar surface area (TPSA) is 49.0 Å². The van der Waals surface area contributed by atoms with Gasteiger partial charge in [-0.25, -0.2) is 4.98 Å². The fourth-order valence-electron chi connectivity index (χ4n) is 3.32. The summed E-state index contributed by atoms with van der Waals surface area (Å²) in [6.45, 7) is 7.02. The van der Waals surface area contributed by atoms with E-state index in [1.807, 2.05) is 18.0 Å². The van der Waals surface area contributed by atoms with Crippen molar-refractivity contribution >= 4 is 5.91 Å². The van der Waals surface area contributed by atoms with Crippen molar-refractivity contribution in [2.24, 2.45) is 5.92 Å². The van der Waals surface area contributed by atoms with Crippen LogP contribution in [-0.2, 0) is 4.79 Å².